The fourth-order valence-corrected chi connectivity index (χ4v) is 2.98. The highest BCUT2D eigenvalue weighted by Gasteiger charge is 2.16. The average molecular weight is 425 g/mol. The first-order chi connectivity index (χ1) is 15.0. The van der Waals surface area contributed by atoms with Crippen LogP contribution in [0.3, 0.4) is 0 Å². The molecule has 0 aliphatic carbocycles. The molecule has 1 amide bonds. The molecular formula is C22H23N3O6. The van der Waals surface area contributed by atoms with Gasteiger partial charge in [-0.1, -0.05) is 6.07 Å². The summed E-state index contributed by atoms with van der Waals surface area (Å²) in [7, 11) is 6.08. The van der Waals surface area contributed by atoms with Gasteiger partial charge in [0.2, 0.25) is 11.7 Å². The van der Waals surface area contributed by atoms with Crippen molar-refractivity contribution in [3.63, 3.8) is 0 Å². The Hall–Kier alpha value is -4.01. The number of hydrogen-bond donors (Lipinski definition) is 1. The van der Waals surface area contributed by atoms with E-state index in [1.165, 1.54) is 27.4 Å². The van der Waals surface area contributed by atoms with Crippen LogP contribution in [0, 0.1) is 0 Å². The summed E-state index contributed by atoms with van der Waals surface area (Å²) in [5.41, 5.74) is 1.25. The van der Waals surface area contributed by atoms with Gasteiger partial charge in [0.25, 0.3) is 5.56 Å². The molecule has 162 valence electrons. The summed E-state index contributed by atoms with van der Waals surface area (Å²) in [4.78, 5) is 24.7. The lowest BCUT2D eigenvalue weighted by molar-refractivity contribution is -0.117. The second-order valence-electron chi connectivity index (χ2n) is 6.41. The van der Waals surface area contributed by atoms with Gasteiger partial charge >= 0.3 is 0 Å². The van der Waals surface area contributed by atoms with Crippen molar-refractivity contribution in [3.05, 3.63) is 58.9 Å². The van der Waals surface area contributed by atoms with E-state index in [0.29, 0.717) is 39.9 Å². The second-order valence-corrected chi connectivity index (χ2v) is 6.41. The van der Waals surface area contributed by atoms with Crippen molar-refractivity contribution < 1.29 is 23.7 Å². The molecule has 9 heteroatoms. The summed E-state index contributed by atoms with van der Waals surface area (Å²) < 4.78 is 22.3. The standard InChI is InChI=1S/C22H23N3O6/c1-28-16-7-5-6-15(12-16)23-20(26)13-25-21(27)9-8-17(24-25)14-10-18(29-2)22(31-4)19(11-14)30-3/h5-12H,13H2,1-4H3,(H,23,26). The van der Waals surface area contributed by atoms with Crippen molar-refractivity contribution in [3.8, 4) is 34.3 Å². The molecule has 0 saturated carbocycles. The zero-order valence-corrected chi connectivity index (χ0v) is 17.7. The fourth-order valence-electron chi connectivity index (χ4n) is 2.98. The number of nitrogens with zero attached hydrogens (tertiary/aromatic N) is 2. The van der Waals surface area contributed by atoms with Crippen LogP contribution < -0.4 is 29.8 Å². The number of nitrogens with one attached hydrogen (secondary N) is 1. The lowest BCUT2D eigenvalue weighted by Crippen LogP contribution is -2.29. The van der Waals surface area contributed by atoms with Gasteiger partial charge in [0.05, 0.1) is 34.1 Å². The number of benzene rings is 2. The molecule has 1 N–H and O–H groups in total. The lowest BCUT2D eigenvalue weighted by Gasteiger charge is -2.14. The van der Waals surface area contributed by atoms with Crippen molar-refractivity contribution in [2.45, 2.75) is 6.54 Å². The SMILES string of the molecule is COc1cccc(NC(=O)Cn2nc(-c3cc(OC)c(OC)c(OC)c3)ccc2=O)c1. The summed E-state index contributed by atoms with van der Waals surface area (Å²) >= 11 is 0. The van der Waals surface area contributed by atoms with E-state index in [0.717, 1.165) is 4.68 Å². The molecule has 0 spiro atoms. The minimum absolute atomic E-state index is 0.256. The molecule has 1 aromatic heterocycles. The fraction of sp³-hybridized carbons (Fsp3) is 0.227. The molecular weight excluding hydrogens is 402 g/mol. The van der Waals surface area contributed by atoms with Gasteiger partial charge in [-0.15, -0.1) is 0 Å². The average Bonchev–Trinajstić information content (AvgIpc) is 2.79. The Morgan fingerprint density at radius 3 is 2.26 bits per heavy atom. The first-order valence-electron chi connectivity index (χ1n) is 9.31. The minimum Gasteiger partial charge on any atom is -0.497 e. The summed E-state index contributed by atoms with van der Waals surface area (Å²) in [6, 6.07) is 13.3. The lowest BCUT2D eigenvalue weighted by atomic mass is 10.1. The van der Waals surface area contributed by atoms with Crippen LogP contribution in [0.15, 0.2) is 53.3 Å². The van der Waals surface area contributed by atoms with Crippen molar-refractivity contribution in [2.75, 3.05) is 33.8 Å². The van der Waals surface area contributed by atoms with E-state index in [2.05, 4.69) is 10.4 Å². The largest absolute Gasteiger partial charge is 0.497 e. The third kappa shape index (κ3) is 4.95. The van der Waals surface area contributed by atoms with Crippen LogP contribution in [0.25, 0.3) is 11.3 Å². The third-order valence-corrected chi connectivity index (χ3v) is 4.47. The van der Waals surface area contributed by atoms with Crippen molar-refractivity contribution in [1.82, 2.24) is 9.78 Å². The highest BCUT2D eigenvalue weighted by atomic mass is 16.5. The first-order valence-corrected chi connectivity index (χ1v) is 9.31. The van der Waals surface area contributed by atoms with Crippen LogP contribution in [0.1, 0.15) is 0 Å². The number of hydrogen-bond acceptors (Lipinski definition) is 7. The zero-order valence-electron chi connectivity index (χ0n) is 17.7. The third-order valence-electron chi connectivity index (χ3n) is 4.47. The molecule has 2 aromatic carbocycles. The van der Waals surface area contributed by atoms with Crippen LogP contribution in [0.5, 0.6) is 23.0 Å². The molecule has 9 nitrogen and oxygen atoms in total. The van der Waals surface area contributed by atoms with Crippen LogP contribution in [-0.4, -0.2) is 44.1 Å². The van der Waals surface area contributed by atoms with Gasteiger partial charge in [0.15, 0.2) is 11.5 Å². The molecule has 0 unspecified atom stereocenters. The molecule has 3 aromatic rings. The first kappa shape index (κ1) is 21.7. The summed E-state index contributed by atoms with van der Waals surface area (Å²) in [5.74, 6) is 1.56. The maximum atomic E-state index is 12.5. The Bertz CT molecular complexity index is 1120. The van der Waals surface area contributed by atoms with E-state index in [1.807, 2.05) is 0 Å². The Labute approximate surface area is 179 Å². The zero-order chi connectivity index (χ0) is 22.4. The number of methoxy groups -OCH3 is 4. The van der Waals surface area contributed by atoms with E-state index in [9.17, 15) is 9.59 Å². The molecule has 0 bridgehead atoms. The number of anilines is 1. The van der Waals surface area contributed by atoms with Crippen LogP contribution in [-0.2, 0) is 11.3 Å². The van der Waals surface area contributed by atoms with Gasteiger partial charge in [-0.05, 0) is 30.3 Å². The molecule has 3 rings (SSSR count). The number of aromatic nitrogens is 2. The number of carbonyl (C=O) groups excluding carboxylic acids is 1. The molecule has 0 saturated heterocycles. The molecule has 0 aliphatic heterocycles. The van der Waals surface area contributed by atoms with E-state index in [1.54, 1.807) is 49.6 Å². The highest BCUT2D eigenvalue weighted by Crippen LogP contribution is 2.40. The summed E-state index contributed by atoms with van der Waals surface area (Å²) in [6.07, 6.45) is 0. The van der Waals surface area contributed by atoms with E-state index in [4.69, 9.17) is 18.9 Å². The molecule has 0 aliphatic rings. The van der Waals surface area contributed by atoms with Crippen LogP contribution in [0.2, 0.25) is 0 Å². The van der Waals surface area contributed by atoms with Crippen LogP contribution >= 0.6 is 0 Å². The van der Waals surface area contributed by atoms with Gasteiger partial charge in [-0.2, -0.15) is 5.10 Å². The normalized spacial score (nSPS) is 10.3. The molecule has 0 radical (unpaired) electrons. The van der Waals surface area contributed by atoms with E-state index >= 15 is 0 Å². The van der Waals surface area contributed by atoms with Crippen LogP contribution in [0.4, 0.5) is 5.69 Å². The molecule has 0 fully saturated rings. The predicted octanol–water partition coefficient (Wildman–Crippen LogP) is 2.58. The Morgan fingerprint density at radius 2 is 1.65 bits per heavy atom. The maximum absolute atomic E-state index is 12.5. The highest BCUT2D eigenvalue weighted by molar-refractivity contribution is 5.90. The van der Waals surface area contributed by atoms with E-state index in [-0.39, 0.29) is 6.54 Å². The molecule has 0 atom stereocenters. The quantitative estimate of drug-likeness (QED) is 0.592. The number of amides is 1. The van der Waals surface area contributed by atoms with Gasteiger partial charge in [0.1, 0.15) is 12.3 Å². The van der Waals surface area contributed by atoms with Gasteiger partial charge in [-0.25, -0.2) is 4.68 Å². The Morgan fingerprint density at radius 1 is 0.935 bits per heavy atom. The van der Waals surface area contributed by atoms with Gasteiger partial charge in [0, 0.05) is 23.4 Å². The summed E-state index contributed by atoms with van der Waals surface area (Å²) in [6.45, 7) is -0.256. The number of carbonyl (C=O) groups is 1. The van der Waals surface area contributed by atoms with Crippen molar-refractivity contribution in [2.24, 2.45) is 0 Å². The maximum Gasteiger partial charge on any atom is 0.267 e. The Kier molecular flexibility index (Phi) is 6.76. The summed E-state index contributed by atoms with van der Waals surface area (Å²) in [5, 5.41) is 7.06. The number of rotatable bonds is 8. The van der Waals surface area contributed by atoms with E-state index < -0.39 is 11.5 Å². The second kappa shape index (κ2) is 9.66. The monoisotopic (exact) mass is 425 g/mol. The molecule has 1 heterocycles. The number of ether oxygens (including phenoxy) is 4. The van der Waals surface area contributed by atoms with Gasteiger partial charge in [-0.3, -0.25) is 9.59 Å². The van der Waals surface area contributed by atoms with Gasteiger partial charge < -0.3 is 24.3 Å². The Balaban J connectivity index is 1.88. The minimum atomic E-state index is -0.406. The van der Waals surface area contributed by atoms with Crippen molar-refractivity contribution >= 4 is 11.6 Å². The predicted molar refractivity (Wildman–Crippen MR) is 115 cm³/mol. The smallest absolute Gasteiger partial charge is 0.267 e. The molecule has 31 heavy (non-hydrogen) atoms. The topological polar surface area (TPSA) is 101 Å². The van der Waals surface area contributed by atoms with Crippen molar-refractivity contribution in [1.29, 1.82) is 0 Å².